The molecule has 0 aromatic rings. The van der Waals surface area contributed by atoms with Crippen LogP contribution in [-0.2, 0) is 23.9 Å². The molecule has 1 N–H and O–H groups in total. The molecule has 0 heterocycles. The van der Waals surface area contributed by atoms with Crippen LogP contribution in [0.15, 0.2) is 0 Å². The molecule has 6 nitrogen and oxygen atoms in total. The highest BCUT2D eigenvalue weighted by Crippen LogP contribution is 1.95. The van der Waals surface area contributed by atoms with Crippen molar-refractivity contribution in [2.24, 2.45) is 0 Å². The van der Waals surface area contributed by atoms with Gasteiger partial charge in [0, 0.05) is 13.8 Å². The lowest BCUT2D eigenvalue weighted by Crippen LogP contribution is -2.31. The maximum absolute atomic E-state index is 10.4. The third kappa shape index (κ3) is 5.66. The van der Waals surface area contributed by atoms with E-state index in [4.69, 9.17) is 5.11 Å². The molecule has 13 heavy (non-hydrogen) atoms. The van der Waals surface area contributed by atoms with Gasteiger partial charge >= 0.3 is 17.9 Å². The maximum Gasteiger partial charge on any atom is 0.348 e. The summed E-state index contributed by atoms with van der Waals surface area (Å²) in [6.45, 7) is 1.74. The van der Waals surface area contributed by atoms with Crippen LogP contribution in [0.1, 0.15) is 13.8 Å². The standard InChI is InChI=1S/C7H10O6/c1-4(8)12-3-6(7(10)11)13-5(2)9/h6H,3H2,1-2H3,(H,10,11)/t6-/m0/s1. The van der Waals surface area contributed by atoms with Crippen molar-refractivity contribution in [1.29, 1.82) is 0 Å². The quantitative estimate of drug-likeness (QED) is 0.604. The number of carboxylic acid groups (broad SMARTS) is 1. The second-order valence-corrected chi connectivity index (χ2v) is 2.24. The van der Waals surface area contributed by atoms with Gasteiger partial charge in [0.25, 0.3) is 0 Å². The van der Waals surface area contributed by atoms with Gasteiger partial charge in [0.2, 0.25) is 6.10 Å². The van der Waals surface area contributed by atoms with Gasteiger partial charge in [-0.05, 0) is 0 Å². The van der Waals surface area contributed by atoms with E-state index in [9.17, 15) is 14.4 Å². The summed E-state index contributed by atoms with van der Waals surface area (Å²) in [7, 11) is 0. The Hall–Kier alpha value is -1.59. The molecule has 0 aliphatic rings. The molecule has 0 saturated carbocycles. The highest BCUT2D eigenvalue weighted by molar-refractivity contribution is 5.77. The number of carbonyl (C=O) groups is 3. The summed E-state index contributed by atoms with van der Waals surface area (Å²) < 4.78 is 8.72. The smallest absolute Gasteiger partial charge is 0.348 e. The average Bonchev–Trinajstić information content (AvgIpc) is 1.96. The molecular weight excluding hydrogens is 180 g/mol. The molecule has 0 aliphatic heterocycles. The Morgan fingerprint density at radius 1 is 1.23 bits per heavy atom. The summed E-state index contributed by atoms with van der Waals surface area (Å²) in [5, 5.41) is 8.47. The van der Waals surface area contributed by atoms with Crippen molar-refractivity contribution in [2.75, 3.05) is 6.61 Å². The molecule has 6 heteroatoms. The zero-order valence-corrected chi connectivity index (χ0v) is 7.27. The average molecular weight is 190 g/mol. The number of carboxylic acids is 1. The van der Waals surface area contributed by atoms with Crippen molar-refractivity contribution in [3.63, 3.8) is 0 Å². The minimum Gasteiger partial charge on any atom is -0.478 e. The topological polar surface area (TPSA) is 89.9 Å². The van der Waals surface area contributed by atoms with E-state index in [0.29, 0.717) is 0 Å². The third-order valence-electron chi connectivity index (χ3n) is 1.02. The second-order valence-electron chi connectivity index (χ2n) is 2.24. The van der Waals surface area contributed by atoms with Gasteiger partial charge in [0.1, 0.15) is 6.61 Å². The molecular formula is C7H10O6. The van der Waals surface area contributed by atoms with E-state index in [2.05, 4.69) is 9.47 Å². The van der Waals surface area contributed by atoms with Gasteiger partial charge in [0.05, 0.1) is 0 Å². The summed E-state index contributed by atoms with van der Waals surface area (Å²) in [5.74, 6) is -2.71. The highest BCUT2D eigenvalue weighted by Gasteiger charge is 2.21. The molecule has 0 aromatic heterocycles. The Balaban J connectivity index is 4.02. The van der Waals surface area contributed by atoms with Crippen LogP contribution in [0.25, 0.3) is 0 Å². The number of esters is 2. The van der Waals surface area contributed by atoms with Gasteiger partial charge in [-0.25, -0.2) is 4.79 Å². The minimum atomic E-state index is -1.43. The Kier molecular flexibility index (Phi) is 4.50. The monoisotopic (exact) mass is 190 g/mol. The van der Waals surface area contributed by atoms with Crippen LogP contribution in [0.2, 0.25) is 0 Å². The summed E-state index contributed by atoms with van der Waals surface area (Å²) in [6.07, 6.45) is -1.43. The Bertz CT molecular complexity index is 221. The first-order valence-electron chi connectivity index (χ1n) is 3.47. The van der Waals surface area contributed by atoms with E-state index in [1.165, 1.54) is 0 Å². The maximum atomic E-state index is 10.4. The molecule has 0 rings (SSSR count). The predicted molar refractivity (Wildman–Crippen MR) is 39.8 cm³/mol. The number of ether oxygens (including phenoxy) is 2. The normalized spacial score (nSPS) is 11.5. The van der Waals surface area contributed by atoms with Crippen molar-refractivity contribution in [3.8, 4) is 0 Å². The van der Waals surface area contributed by atoms with E-state index in [-0.39, 0.29) is 0 Å². The van der Waals surface area contributed by atoms with Gasteiger partial charge in [0.15, 0.2) is 0 Å². The van der Waals surface area contributed by atoms with Crippen molar-refractivity contribution in [1.82, 2.24) is 0 Å². The number of hydrogen-bond acceptors (Lipinski definition) is 5. The van der Waals surface area contributed by atoms with Crippen molar-refractivity contribution < 1.29 is 29.0 Å². The zero-order chi connectivity index (χ0) is 10.4. The summed E-state index contributed by atoms with van der Waals surface area (Å²) >= 11 is 0. The van der Waals surface area contributed by atoms with Crippen LogP contribution < -0.4 is 0 Å². The number of carbonyl (C=O) groups excluding carboxylic acids is 2. The van der Waals surface area contributed by atoms with E-state index < -0.39 is 30.6 Å². The summed E-state index contributed by atoms with van der Waals surface area (Å²) in [4.78, 5) is 31.1. The Labute approximate surface area is 74.4 Å². The summed E-state index contributed by atoms with van der Waals surface area (Å²) in [5.41, 5.74) is 0. The van der Waals surface area contributed by atoms with E-state index in [0.717, 1.165) is 13.8 Å². The van der Waals surface area contributed by atoms with Gasteiger partial charge in [-0.3, -0.25) is 9.59 Å². The Morgan fingerprint density at radius 3 is 2.08 bits per heavy atom. The number of aliphatic carboxylic acids is 1. The molecule has 0 aliphatic carbocycles. The summed E-state index contributed by atoms with van der Waals surface area (Å²) in [6, 6.07) is 0. The fraction of sp³-hybridized carbons (Fsp3) is 0.571. The molecule has 0 saturated heterocycles. The van der Waals surface area contributed by atoms with Gasteiger partial charge < -0.3 is 14.6 Å². The molecule has 0 radical (unpaired) electrons. The van der Waals surface area contributed by atoms with Crippen LogP contribution in [0.3, 0.4) is 0 Å². The molecule has 0 bridgehead atoms. The lowest BCUT2D eigenvalue weighted by molar-refractivity contribution is -0.169. The molecule has 0 fully saturated rings. The first-order chi connectivity index (χ1) is 5.93. The Morgan fingerprint density at radius 2 is 1.77 bits per heavy atom. The van der Waals surface area contributed by atoms with Crippen molar-refractivity contribution in [2.45, 2.75) is 20.0 Å². The minimum absolute atomic E-state index is 0.468. The van der Waals surface area contributed by atoms with Gasteiger partial charge in [-0.1, -0.05) is 0 Å². The zero-order valence-electron chi connectivity index (χ0n) is 7.27. The van der Waals surface area contributed by atoms with Gasteiger partial charge in [-0.2, -0.15) is 0 Å². The lowest BCUT2D eigenvalue weighted by atomic mass is 10.4. The van der Waals surface area contributed by atoms with Crippen molar-refractivity contribution in [3.05, 3.63) is 0 Å². The fourth-order valence-corrected chi connectivity index (χ4v) is 0.549. The first-order valence-corrected chi connectivity index (χ1v) is 3.47. The molecule has 0 unspecified atom stereocenters. The second kappa shape index (κ2) is 5.13. The van der Waals surface area contributed by atoms with Crippen LogP contribution in [0.5, 0.6) is 0 Å². The lowest BCUT2D eigenvalue weighted by Gasteiger charge is -2.11. The number of hydrogen-bond donors (Lipinski definition) is 1. The number of rotatable bonds is 4. The molecule has 0 spiro atoms. The van der Waals surface area contributed by atoms with E-state index in [1.807, 2.05) is 0 Å². The van der Waals surface area contributed by atoms with Crippen LogP contribution >= 0.6 is 0 Å². The fourth-order valence-electron chi connectivity index (χ4n) is 0.549. The van der Waals surface area contributed by atoms with E-state index >= 15 is 0 Å². The molecule has 1 atom stereocenters. The van der Waals surface area contributed by atoms with Crippen LogP contribution in [0.4, 0.5) is 0 Å². The first kappa shape index (κ1) is 11.4. The predicted octanol–water partition coefficient (Wildman–Crippen LogP) is -0.434. The van der Waals surface area contributed by atoms with Crippen molar-refractivity contribution >= 4 is 17.9 Å². The van der Waals surface area contributed by atoms with E-state index in [1.54, 1.807) is 0 Å². The molecule has 0 aromatic carbocycles. The highest BCUT2D eigenvalue weighted by atomic mass is 16.6. The van der Waals surface area contributed by atoms with Gasteiger partial charge in [-0.15, -0.1) is 0 Å². The molecule has 0 amide bonds. The largest absolute Gasteiger partial charge is 0.478 e. The molecule has 74 valence electrons. The third-order valence-corrected chi connectivity index (χ3v) is 1.02. The SMILES string of the molecule is CC(=O)OC[C@H](OC(C)=O)C(=O)O. The van der Waals surface area contributed by atoms with Crippen LogP contribution in [0, 0.1) is 0 Å². The van der Waals surface area contributed by atoms with Crippen LogP contribution in [-0.4, -0.2) is 35.7 Å².